The molecule has 0 unspecified atom stereocenters. The first-order chi connectivity index (χ1) is 4.57. The van der Waals surface area contributed by atoms with Crippen molar-refractivity contribution < 1.29 is 9.90 Å². The molecule has 0 aromatic carbocycles. The largest absolute Gasteiger partial charge is 0.509 e. The number of carbonyl (C=O) groups excluding carboxylic acids is 1. The molecule has 0 atom stereocenters. The van der Waals surface area contributed by atoms with Crippen molar-refractivity contribution in [2.75, 3.05) is 7.05 Å². The standard InChI is InChI=1S/C7H11NO2/c1-5(4-6(2)9)7(10)8-3/h4,9H,2H2,1,3H3,(H,8,10)/b5-4+. The smallest absolute Gasteiger partial charge is 0.246 e. The first-order valence-electron chi connectivity index (χ1n) is 2.86. The summed E-state index contributed by atoms with van der Waals surface area (Å²) in [6.45, 7) is 4.81. The molecule has 56 valence electrons. The minimum absolute atomic E-state index is 0.110. The zero-order valence-corrected chi connectivity index (χ0v) is 6.14. The van der Waals surface area contributed by atoms with E-state index in [0.29, 0.717) is 5.57 Å². The van der Waals surface area contributed by atoms with E-state index < -0.39 is 0 Å². The molecular weight excluding hydrogens is 130 g/mol. The first kappa shape index (κ1) is 8.75. The Morgan fingerprint density at radius 3 is 2.50 bits per heavy atom. The van der Waals surface area contributed by atoms with Gasteiger partial charge in [-0.05, 0) is 13.0 Å². The fourth-order valence-corrected chi connectivity index (χ4v) is 0.513. The van der Waals surface area contributed by atoms with E-state index in [0.717, 1.165) is 0 Å². The van der Waals surface area contributed by atoms with Gasteiger partial charge in [0.15, 0.2) is 0 Å². The van der Waals surface area contributed by atoms with Crippen molar-refractivity contribution in [2.45, 2.75) is 6.92 Å². The van der Waals surface area contributed by atoms with Crippen LogP contribution in [-0.4, -0.2) is 18.1 Å². The van der Waals surface area contributed by atoms with Crippen molar-refractivity contribution in [1.29, 1.82) is 0 Å². The lowest BCUT2D eigenvalue weighted by Crippen LogP contribution is -2.18. The molecule has 3 heteroatoms. The van der Waals surface area contributed by atoms with Crippen LogP contribution >= 0.6 is 0 Å². The number of hydrogen-bond donors (Lipinski definition) is 2. The predicted octanol–water partition coefficient (Wildman–Crippen LogP) is 0.750. The first-order valence-corrected chi connectivity index (χ1v) is 2.86. The molecule has 0 fully saturated rings. The average molecular weight is 141 g/mol. The van der Waals surface area contributed by atoms with Crippen LogP contribution in [0.2, 0.25) is 0 Å². The summed E-state index contributed by atoms with van der Waals surface area (Å²) in [6, 6.07) is 0. The van der Waals surface area contributed by atoms with Crippen molar-refractivity contribution in [3.63, 3.8) is 0 Å². The minimum atomic E-state index is -0.213. The maximum absolute atomic E-state index is 10.7. The van der Waals surface area contributed by atoms with Crippen LogP contribution in [0.15, 0.2) is 24.0 Å². The third-order valence-electron chi connectivity index (χ3n) is 0.968. The molecule has 0 bridgehead atoms. The number of likely N-dealkylation sites (N-methyl/N-ethyl adjacent to an activating group) is 1. The molecule has 3 nitrogen and oxygen atoms in total. The number of carbonyl (C=O) groups is 1. The van der Waals surface area contributed by atoms with Gasteiger partial charge < -0.3 is 10.4 Å². The monoisotopic (exact) mass is 141 g/mol. The summed E-state index contributed by atoms with van der Waals surface area (Å²) in [6.07, 6.45) is 1.30. The van der Waals surface area contributed by atoms with E-state index in [1.165, 1.54) is 13.1 Å². The highest BCUT2D eigenvalue weighted by Crippen LogP contribution is 1.95. The molecule has 0 aliphatic carbocycles. The topological polar surface area (TPSA) is 49.3 Å². The highest BCUT2D eigenvalue weighted by Gasteiger charge is 1.98. The van der Waals surface area contributed by atoms with Gasteiger partial charge in [0.25, 0.3) is 0 Å². The minimum Gasteiger partial charge on any atom is -0.509 e. The second kappa shape index (κ2) is 3.71. The van der Waals surface area contributed by atoms with Crippen molar-refractivity contribution in [3.8, 4) is 0 Å². The molecule has 0 aromatic heterocycles. The summed E-state index contributed by atoms with van der Waals surface area (Å²) in [5, 5.41) is 11.0. The Kier molecular flexibility index (Phi) is 3.25. The van der Waals surface area contributed by atoms with Gasteiger partial charge >= 0.3 is 0 Å². The molecule has 2 N–H and O–H groups in total. The van der Waals surface area contributed by atoms with Gasteiger partial charge in [0.1, 0.15) is 5.76 Å². The molecule has 0 radical (unpaired) electrons. The van der Waals surface area contributed by atoms with Crippen molar-refractivity contribution in [2.24, 2.45) is 0 Å². The predicted molar refractivity (Wildman–Crippen MR) is 39.6 cm³/mol. The summed E-state index contributed by atoms with van der Waals surface area (Å²) >= 11 is 0. The van der Waals surface area contributed by atoms with Crippen molar-refractivity contribution in [3.05, 3.63) is 24.0 Å². The highest BCUT2D eigenvalue weighted by molar-refractivity contribution is 5.92. The molecule has 0 rings (SSSR count). The van der Waals surface area contributed by atoms with Crippen LogP contribution in [0, 0.1) is 0 Å². The van der Waals surface area contributed by atoms with Crippen LogP contribution in [0.3, 0.4) is 0 Å². The summed E-state index contributed by atoms with van der Waals surface area (Å²) < 4.78 is 0. The van der Waals surface area contributed by atoms with Gasteiger partial charge in [-0.2, -0.15) is 0 Å². The van der Waals surface area contributed by atoms with E-state index in [-0.39, 0.29) is 11.7 Å². The number of nitrogens with one attached hydrogen (secondary N) is 1. The van der Waals surface area contributed by atoms with Crippen molar-refractivity contribution >= 4 is 5.91 Å². The van der Waals surface area contributed by atoms with Crippen LogP contribution < -0.4 is 5.32 Å². The van der Waals surface area contributed by atoms with Crippen LogP contribution in [0.1, 0.15) is 6.92 Å². The molecule has 0 spiro atoms. The second-order valence-electron chi connectivity index (χ2n) is 1.90. The Hall–Kier alpha value is -1.25. The summed E-state index contributed by atoms with van der Waals surface area (Å²) in [4.78, 5) is 10.7. The van der Waals surface area contributed by atoms with Crippen LogP contribution in [0.4, 0.5) is 0 Å². The number of aliphatic hydroxyl groups is 1. The molecule has 0 aliphatic rings. The normalized spacial score (nSPS) is 10.8. The molecule has 1 amide bonds. The molecule has 0 aliphatic heterocycles. The van der Waals surface area contributed by atoms with Gasteiger partial charge in [-0.15, -0.1) is 0 Å². The number of rotatable bonds is 2. The summed E-state index contributed by atoms with van der Waals surface area (Å²) in [5.74, 6) is -0.323. The van der Waals surface area contributed by atoms with Gasteiger partial charge in [0.05, 0.1) is 0 Å². The Morgan fingerprint density at radius 1 is 1.70 bits per heavy atom. The molecular formula is C7H11NO2. The number of allylic oxidation sites excluding steroid dienone is 1. The SMILES string of the molecule is C=C(O)/C=C(\C)C(=O)NC. The molecule has 0 heterocycles. The van der Waals surface area contributed by atoms with E-state index in [2.05, 4.69) is 11.9 Å². The third kappa shape index (κ3) is 2.91. The third-order valence-corrected chi connectivity index (χ3v) is 0.968. The summed E-state index contributed by atoms with van der Waals surface area (Å²) in [5.41, 5.74) is 0.440. The fourth-order valence-electron chi connectivity index (χ4n) is 0.513. The zero-order chi connectivity index (χ0) is 8.15. The number of aliphatic hydroxyl groups excluding tert-OH is 1. The Morgan fingerprint density at radius 2 is 2.20 bits per heavy atom. The van der Waals surface area contributed by atoms with Crippen LogP contribution in [-0.2, 0) is 4.79 Å². The molecule has 0 saturated heterocycles. The second-order valence-corrected chi connectivity index (χ2v) is 1.90. The van der Waals surface area contributed by atoms with E-state index in [1.807, 2.05) is 0 Å². The van der Waals surface area contributed by atoms with E-state index in [1.54, 1.807) is 6.92 Å². The van der Waals surface area contributed by atoms with Gasteiger partial charge in [-0.1, -0.05) is 6.58 Å². The number of amides is 1. The van der Waals surface area contributed by atoms with E-state index in [9.17, 15) is 4.79 Å². The lowest BCUT2D eigenvalue weighted by molar-refractivity contribution is -0.117. The van der Waals surface area contributed by atoms with Gasteiger partial charge in [-0.25, -0.2) is 0 Å². The molecule has 0 aromatic rings. The van der Waals surface area contributed by atoms with Crippen LogP contribution in [0.5, 0.6) is 0 Å². The van der Waals surface area contributed by atoms with Crippen LogP contribution in [0.25, 0.3) is 0 Å². The Bertz CT molecular complexity index is 182. The lowest BCUT2D eigenvalue weighted by Gasteiger charge is -1.96. The fraction of sp³-hybridized carbons (Fsp3) is 0.286. The molecule has 0 saturated carbocycles. The maximum atomic E-state index is 10.7. The lowest BCUT2D eigenvalue weighted by atomic mass is 10.2. The maximum Gasteiger partial charge on any atom is 0.246 e. The average Bonchev–Trinajstić information content (AvgIpc) is 1.85. The molecule has 10 heavy (non-hydrogen) atoms. The van der Waals surface area contributed by atoms with E-state index in [4.69, 9.17) is 5.11 Å². The van der Waals surface area contributed by atoms with Crippen molar-refractivity contribution in [1.82, 2.24) is 5.32 Å². The quantitative estimate of drug-likeness (QED) is 0.338. The Labute approximate surface area is 60.1 Å². The zero-order valence-electron chi connectivity index (χ0n) is 6.14. The van der Waals surface area contributed by atoms with Gasteiger partial charge in [-0.3, -0.25) is 4.79 Å². The number of hydrogen-bond acceptors (Lipinski definition) is 2. The van der Waals surface area contributed by atoms with Gasteiger partial charge in [0, 0.05) is 12.6 Å². The Balaban J connectivity index is 4.19. The summed E-state index contributed by atoms with van der Waals surface area (Å²) in [7, 11) is 1.53. The van der Waals surface area contributed by atoms with Gasteiger partial charge in [0.2, 0.25) is 5.91 Å². The highest BCUT2D eigenvalue weighted by atomic mass is 16.3. The van der Waals surface area contributed by atoms with E-state index >= 15 is 0 Å².